The maximum Gasteiger partial charge on any atom is 0.433 e. The van der Waals surface area contributed by atoms with Crippen molar-refractivity contribution < 1.29 is 27.9 Å². The zero-order valence-electron chi connectivity index (χ0n) is 12.0. The van der Waals surface area contributed by atoms with Crippen molar-refractivity contribution in [2.45, 2.75) is 19.0 Å². The Bertz CT molecular complexity index is 702. The number of hydrogen-bond acceptors (Lipinski definition) is 5. The van der Waals surface area contributed by atoms with Gasteiger partial charge < -0.3 is 5.11 Å². The molecule has 1 aliphatic heterocycles. The number of hydrogen-bond donors (Lipinski definition) is 1. The first kappa shape index (κ1) is 18.4. The Balaban J connectivity index is 2.09. The molecular weight excluding hydrogens is 365 g/mol. The number of aromatic nitrogens is 1. The van der Waals surface area contributed by atoms with E-state index in [0.29, 0.717) is 5.56 Å². The fourth-order valence-electron chi connectivity index (χ4n) is 1.89. The first-order valence-electron chi connectivity index (χ1n) is 6.69. The van der Waals surface area contributed by atoms with Gasteiger partial charge >= 0.3 is 12.1 Å². The van der Waals surface area contributed by atoms with E-state index < -0.39 is 23.7 Å². The average molecular weight is 376 g/mol. The lowest BCUT2D eigenvalue weighted by Gasteiger charge is -2.13. The number of aliphatic carboxylic acids is 1. The Morgan fingerprint density at radius 2 is 2.12 bits per heavy atom. The molecule has 1 aromatic rings. The summed E-state index contributed by atoms with van der Waals surface area (Å²) in [6.07, 6.45) is -1.91. The van der Waals surface area contributed by atoms with Gasteiger partial charge in [-0.1, -0.05) is 30.0 Å². The Labute approximate surface area is 144 Å². The van der Waals surface area contributed by atoms with E-state index in [2.05, 4.69) is 4.98 Å². The van der Waals surface area contributed by atoms with Crippen molar-refractivity contribution in [3.63, 3.8) is 0 Å². The highest BCUT2D eigenvalue weighted by molar-refractivity contribution is 8.26. The van der Waals surface area contributed by atoms with Crippen LogP contribution in [-0.2, 0) is 15.8 Å². The van der Waals surface area contributed by atoms with Gasteiger partial charge in [0.05, 0.1) is 4.91 Å². The van der Waals surface area contributed by atoms with Crippen molar-refractivity contribution in [3.8, 4) is 0 Å². The number of carbonyl (C=O) groups excluding carboxylic acids is 1. The van der Waals surface area contributed by atoms with Crippen LogP contribution >= 0.6 is 24.0 Å². The predicted molar refractivity (Wildman–Crippen MR) is 86.0 cm³/mol. The topological polar surface area (TPSA) is 70.5 Å². The maximum atomic E-state index is 12.5. The van der Waals surface area contributed by atoms with Gasteiger partial charge in [0, 0.05) is 19.2 Å². The summed E-state index contributed by atoms with van der Waals surface area (Å²) in [5, 5.41) is 8.61. The third-order valence-electron chi connectivity index (χ3n) is 3.02. The highest BCUT2D eigenvalue weighted by Gasteiger charge is 2.33. The van der Waals surface area contributed by atoms with Gasteiger partial charge in [-0.3, -0.25) is 19.5 Å². The Morgan fingerprint density at radius 1 is 1.42 bits per heavy atom. The molecule has 5 nitrogen and oxygen atoms in total. The minimum absolute atomic E-state index is 0.0844. The number of amides is 1. The molecule has 0 radical (unpaired) electrons. The molecule has 0 atom stereocenters. The van der Waals surface area contributed by atoms with E-state index in [1.165, 1.54) is 17.0 Å². The number of thioether (sulfide) groups is 1. The van der Waals surface area contributed by atoms with Gasteiger partial charge in [-0.2, -0.15) is 13.2 Å². The van der Waals surface area contributed by atoms with E-state index >= 15 is 0 Å². The second-order valence-corrected chi connectivity index (χ2v) is 6.48. The average Bonchev–Trinajstić information content (AvgIpc) is 2.74. The fraction of sp³-hybridized carbons (Fsp3) is 0.286. The van der Waals surface area contributed by atoms with E-state index in [1.54, 1.807) is 0 Å². The molecule has 1 amide bonds. The fourth-order valence-corrected chi connectivity index (χ4v) is 3.20. The molecule has 2 heterocycles. The van der Waals surface area contributed by atoms with Gasteiger partial charge in [-0.05, 0) is 24.1 Å². The van der Waals surface area contributed by atoms with Crippen molar-refractivity contribution in [2.24, 2.45) is 0 Å². The van der Waals surface area contributed by atoms with Gasteiger partial charge in [-0.15, -0.1) is 0 Å². The van der Waals surface area contributed by atoms with E-state index in [9.17, 15) is 22.8 Å². The molecule has 24 heavy (non-hydrogen) atoms. The normalized spacial score (nSPS) is 17.0. The molecule has 1 N–H and O–H groups in total. The van der Waals surface area contributed by atoms with Crippen LogP contribution in [0.3, 0.4) is 0 Å². The van der Waals surface area contributed by atoms with Crippen molar-refractivity contribution in [2.75, 3.05) is 6.54 Å². The number of nitrogens with zero attached hydrogens (tertiary/aromatic N) is 2. The lowest BCUT2D eigenvalue weighted by Crippen LogP contribution is -2.29. The van der Waals surface area contributed by atoms with Crippen LogP contribution < -0.4 is 0 Å². The van der Waals surface area contributed by atoms with Gasteiger partial charge in [-0.25, -0.2) is 0 Å². The predicted octanol–water partition coefficient (Wildman–Crippen LogP) is 3.17. The molecule has 0 bridgehead atoms. The molecule has 128 valence electrons. The van der Waals surface area contributed by atoms with Gasteiger partial charge in [0.25, 0.3) is 5.91 Å². The summed E-state index contributed by atoms with van der Waals surface area (Å²) in [5.74, 6) is -1.36. The first-order chi connectivity index (χ1) is 11.2. The molecule has 2 rings (SSSR count). The summed E-state index contributed by atoms with van der Waals surface area (Å²) in [7, 11) is 0. The number of thiocarbonyl (C=S) groups is 1. The molecule has 1 aliphatic rings. The van der Waals surface area contributed by atoms with Gasteiger partial charge in [0.2, 0.25) is 0 Å². The standard InChI is InChI=1S/C14H11F3N2O3S2/c15-14(16,17)10-4-3-8(7-18-10)6-9-12(22)19(13(23)24-9)5-1-2-11(20)21/h3-4,6-7H,1-2,5H2,(H,20,21)/b9-6-. The SMILES string of the molecule is O=C(O)CCCN1C(=O)/C(=C/c2ccc(C(F)(F)F)nc2)SC1=S. The van der Waals surface area contributed by atoms with Crippen LogP contribution in [0.2, 0.25) is 0 Å². The molecule has 0 saturated carbocycles. The number of carboxylic acid groups (broad SMARTS) is 1. The number of rotatable bonds is 5. The van der Waals surface area contributed by atoms with E-state index in [1.807, 2.05) is 0 Å². The quantitative estimate of drug-likeness (QED) is 0.629. The first-order valence-corrected chi connectivity index (χ1v) is 7.91. The van der Waals surface area contributed by atoms with E-state index in [0.717, 1.165) is 24.0 Å². The highest BCUT2D eigenvalue weighted by Crippen LogP contribution is 2.33. The summed E-state index contributed by atoms with van der Waals surface area (Å²) in [6, 6.07) is 2.05. The largest absolute Gasteiger partial charge is 0.481 e. The molecule has 1 saturated heterocycles. The summed E-state index contributed by atoms with van der Waals surface area (Å²) >= 11 is 6.09. The van der Waals surface area contributed by atoms with Crippen molar-refractivity contribution in [1.82, 2.24) is 9.88 Å². The van der Waals surface area contributed by atoms with E-state index in [-0.39, 0.29) is 28.6 Å². The van der Waals surface area contributed by atoms with E-state index in [4.69, 9.17) is 17.3 Å². The molecule has 10 heteroatoms. The molecule has 0 spiro atoms. The Hall–Kier alpha value is -1.94. The Morgan fingerprint density at radius 3 is 2.67 bits per heavy atom. The van der Waals surface area contributed by atoms with Crippen molar-refractivity contribution in [1.29, 1.82) is 0 Å². The van der Waals surface area contributed by atoms with Crippen LogP contribution in [0.25, 0.3) is 6.08 Å². The number of pyridine rings is 1. The van der Waals surface area contributed by atoms with Crippen molar-refractivity contribution >= 4 is 46.3 Å². The summed E-state index contributed by atoms with van der Waals surface area (Å²) in [5.41, 5.74) is -0.671. The Kier molecular flexibility index (Phi) is 5.60. The number of carboxylic acids is 1. The molecule has 0 aliphatic carbocycles. The lowest BCUT2D eigenvalue weighted by atomic mass is 10.2. The molecule has 1 aromatic heterocycles. The van der Waals surface area contributed by atoms with Crippen molar-refractivity contribution in [3.05, 3.63) is 34.5 Å². The monoisotopic (exact) mass is 376 g/mol. The maximum absolute atomic E-state index is 12.5. The van der Waals surface area contributed by atoms with Gasteiger partial charge in [0.15, 0.2) is 0 Å². The summed E-state index contributed by atoms with van der Waals surface area (Å²) < 4.78 is 37.7. The van der Waals surface area contributed by atoms with Crippen LogP contribution in [0.4, 0.5) is 13.2 Å². The molecule has 0 aromatic carbocycles. The minimum atomic E-state index is -4.52. The summed E-state index contributed by atoms with van der Waals surface area (Å²) in [4.78, 5) is 27.6. The molecule has 1 fully saturated rings. The smallest absolute Gasteiger partial charge is 0.433 e. The van der Waals surface area contributed by atoms with Crippen LogP contribution in [0.15, 0.2) is 23.2 Å². The summed E-state index contributed by atoms with van der Waals surface area (Å²) in [6.45, 7) is 0.180. The number of halogens is 3. The zero-order valence-corrected chi connectivity index (χ0v) is 13.7. The highest BCUT2D eigenvalue weighted by atomic mass is 32.2. The minimum Gasteiger partial charge on any atom is -0.481 e. The number of alkyl halides is 3. The molecule has 0 unspecified atom stereocenters. The van der Waals surface area contributed by atoms with Crippen LogP contribution in [-0.4, -0.2) is 37.7 Å². The lowest BCUT2D eigenvalue weighted by molar-refractivity contribution is -0.141. The van der Waals surface area contributed by atoms with Gasteiger partial charge in [0.1, 0.15) is 10.0 Å². The second-order valence-electron chi connectivity index (χ2n) is 4.81. The van der Waals surface area contributed by atoms with Crippen LogP contribution in [0.1, 0.15) is 24.1 Å². The van der Waals surface area contributed by atoms with Crippen LogP contribution in [0, 0.1) is 0 Å². The number of carbonyl (C=O) groups is 2. The van der Waals surface area contributed by atoms with Crippen LogP contribution in [0.5, 0.6) is 0 Å². The molecular formula is C14H11F3N2O3S2. The third-order valence-corrected chi connectivity index (χ3v) is 4.40. The third kappa shape index (κ3) is 4.54. The zero-order chi connectivity index (χ0) is 17.9. The second kappa shape index (κ2) is 7.31.